The fourth-order valence-corrected chi connectivity index (χ4v) is 4.78. The van der Waals surface area contributed by atoms with E-state index < -0.39 is 0 Å². The van der Waals surface area contributed by atoms with Crippen LogP contribution in [0.1, 0.15) is 32.4 Å². The molecule has 0 spiro atoms. The quantitative estimate of drug-likeness (QED) is 0.620. The fraction of sp³-hybridized carbons (Fsp3) is 0.261. The number of rotatable bonds is 5. The van der Waals surface area contributed by atoms with Crippen LogP contribution in [0, 0.1) is 0 Å². The Morgan fingerprint density at radius 3 is 2.34 bits per heavy atom. The lowest BCUT2D eigenvalue weighted by atomic mass is 9.92. The highest BCUT2D eigenvalue weighted by Crippen LogP contribution is 2.41. The van der Waals surface area contributed by atoms with E-state index in [0.29, 0.717) is 29.4 Å². The second-order valence-corrected chi connectivity index (χ2v) is 7.77. The molecular weight excluding hydrogens is 386 g/mol. The Labute approximate surface area is 174 Å². The Hall–Kier alpha value is -2.99. The summed E-state index contributed by atoms with van der Waals surface area (Å²) in [5, 5.41) is 2.10. The number of methoxy groups -OCH3 is 3. The van der Waals surface area contributed by atoms with Crippen LogP contribution in [0.15, 0.2) is 53.9 Å². The van der Waals surface area contributed by atoms with Gasteiger partial charge in [0.2, 0.25) is 0 Å². The van der Waals surface area contributed by atoms with Crippen molar-refractivity contribution >= 4 is 17.2 Å². The van der Waals surface area contributed by atoms with Crippen molar-refractivity contribution in [3.05, 3.63) is 75.5 Å². The third-order valence-corrected chi connectivity index (χ3v) is 6.27. The third kappa shape index (κ3) is 3.44. The number of thiophene rings is 1. The summed E-state index contributed by atoms with van der Waals surface area (Å²) in [4.78, 5) is 17.0. The molecule has 0 aliphatic carbocycles. The number of ether oxygens (including phenoxy) is 3. The Morgan fingerprint density at radius 2 is 1.66 bits per heavy atom. The number of benzene rings is 2. The Kier molecular flexibility index (Phi) is 5.45. The van der Waals surface area contributed by atoms with Crippen molar-refractivity contribution in [2.24, 2.45) is 0 Å². The van der Waals surface area contributed by atoms with Gasteiger partial charge in [-0.2, -0.15) is 0 Å². The number of hydrogen-bond acceptors (Lipinski definition) is 5. The van der Waals surface area contributed by atoms with E-state index >= 15 is 0 Å². The summed E-state index contributed by atoms with van der Waals surface area (Å²) < 4.78 is 16.3. The first kappa shape index (κ1) is 19.3. The zero-order valence-corrected chi connectivity index (χ0v) is 17.5. The molecule has 0 saturated heterocycles. The number of hydrogen-bond donors (Lipinski definition) is 0. The molecule has 29 heavy (non-hydrogen) atoms. The lowest BCUT2D eigenvalue weighted by Crippen LogP contribution is -2.40. The highest BCUT2D eigenvalue weighted by Gasteiger charge is 2.34. The van der Waals surface area contributed by atoms with Crippen LogP contribution in [0.25, 0.3) is 0 Å². The van der Waals surface area contributed by atoms with Gasteiger partial charge < -0.3 is 19.1 Å². The van der Waals surface area contributed by atoms with Crippen molar-refractivity contribution in [2.75, 3.05) is 27.9 Å². The first-order valence-electron chi connectivity index (χ1n) is 9.40. The van der Waals surface area contributed by atoms with Gasteiger partial charge in [0.05, 0.1) is 32.9 Å². The number of carbonyl (C=O) groups is 1. The van der Waals surface area contributed by atoms with E-state index in [2.05, 4.69) is 23.6 Å². The summed E-state index contributed by atoms with van der Waals surface area (Å²) in [7, 11) is 4.68. The van der Waals surface area contributed by atoms with E-state index in [4.69, 9.17) is 14.2 Å². The summed E-state index contributed by atoms with van der Waals surface area (Å²) >= 11 is 1.75. The van der Waals surface area contributed by atoms with Gasteiger partial charge in [0, 0.05) is 23.6 Å². The Balaban J connectivity index is 1.80. The second kappa shape index (κ2) is 8.17. The molecule has 4 rings (SSSR count). The first-order chi connectivity index (χ1) is 14.2. The van der Waals surface area contributed by atoms with Crippen LogP contribution in [0.2, 0.25) is 0 Å². The van der Waals surface area contributed by atoms with Crippen LogP contribution in [0.5, 0.6) is 17.2 Å². The van der Waals surface area contributed by atoms with E-state index in [-0.39, 0.29) is 11.9 Å². The number of fused-ring (bicyclic) bond motifs is 1. The van der Waals surface area contributed by atoms with Gasteiger partial charge in [-0.05, 0) is 29.0 Å². The lowest BCUT2D eigenvalue weighted by Gasteiger charge is -2.36. The molecule has 5 nitrogen and oxygen atoms in total. The molecule has 6 heteroatoms. The van der Waals surface area contributed by atoms with E-state index in [0.717, 1.165) is 12.0 Å². The minimum absolute atomic E-state index is 0.0893. The smallest absolute Gasteiger partial charge is 0.258 e. The summed E-state index contributed by atoms with van der Waals surface area (Å²) in [6, 6.07) is 15.6. The van der Waals surface area contributed by atoms with E-state index in [1.165, 1.54) is 10.4 Å². The van der Waals surface area contributed by atoms with Crippen LogP contribution in [-0.4, -0.2) is 38.7 Å². The van der Waals surface area contributed by atoms with Crippen LogP contribution < -0.4 is 14.2 Å². The van der Waals surface area contributed by atoms with E-state index in [1.807, 2.05) is 23.1 Å². The average molecular weight is 410 g/mol. The monoisotopic (exact) mass is 409 g/mol. The van der Waals surface area contributed by atoms with Gasteiger partial charge in [-0.1, -0.05) is 30.3 Å². The molecule has 1 amide bonds. The molecule has 0 unspecified atom stereocenters. The van der Waals surface area contributed by atoms with Gasteiger partial charge in [-0.15, -0.1) is 11.3 Å². The van der Waals surface area contributed by atoms with E-state index in [1.54, 1.807) is 44.8 Å². The predicted octanol–water partition coefficient (Wildman–Crippen LogP) is 4.56. The van der Waals surface area contributed by atoms with Crippen molar-refractivity contribution in [1.82, 2.24) is 4.90 Å². The van der Waals surface area contributed by atoms with Crippen molar-refractivity contribution < 1.29 is 19.0 Å². The summed E-state index contributed by atoms with van der Waals surface area (Å²) in [6.45, 7) is 0.642. The van der Waals surface area contributed by atoms with Gasteiger partial charge in [0.15, 0.2) is 11.5 Å². The Bertz CT molecular complexity index is 1010. The van der Waals surface area contributed by atoms with Crippen LogP contribution in [0.4, 0.5) is 0 Å². The molecule has 2 aromatic carbocycles. The van der Waals surface area contributed by atoms with Crippen LogP contribution in [-0.2, 0) is 6.42 Å². The molecule has 0 N–H and O–H groups in total. The molecule has 0 bridgehead atoms. The minimum atomic E-state index is -0.128. The van der Waals surface area contributed by atoms with Gasteiger partial charge in [0.25, 0.3) is 5.91 Å². The first-order valence-corrected chi connectivity index (χ1v) is 10.3. The second-order valence-electron chi connectivity index (χ2n) is 6.77. The molecule has 1 aromatic heterocycles. The molecule has 0 radical (unpaired) electrons. The average Bonchev–Trinajstić information content (AvgIpc) is 3.26. The summed E-state index contributed by atoms with van der Waals surface area (Å²) in [5.74, 6) is 1.41. The molecule has 3 aromatic rings. The van der Waals surface area contributed by atoms with Crippen molar-refractivity contribution in [1.29, 1.82) is 0 Å². The summed E-state index contributed by atoms with van der Waals surface area (Å²) in [5.41, 5.74) is 2.75. The van der Waals surface area contributed by atoms with Crippen LogP contribution in [0.3, 0.4) is 0 Å². The maximum absolute atomic E-state index is 13.7. The van der Waals surface area contributed by atoms with Crippen molar-refractivity contribution in [3.8, 4) is 17.2 Å². The lowest BCUT2D eigenvalue weighted by molar-refractivity contribution is 0.0692. The minimum Gasteiger partial charge on any atom is -0.496 e. The zero-order chi connectivity index (χ0) is 20.4. The zero-order valence-electron chi connectivity index (χ0n) is 16.7. The predicted molar refractivity (Wildman–Crippen MR) is 113 cm³/mol. The molecule has 2 heterocycles. The molecule has 1 aliphatic heterocycles. The van der Waals surface area contributed by atoms with Gasteiger partial charge >= 0.3 is 0 Å². The highest BCUT2D eigenvalue weighted by molar-refractivity contribution is 7.10. The van der Waals surface area contributed by atoms with Gasteiger partial charge in [0.1, 0.15) is 5.75 Å². The van der Waals surface area contributed by atoms with E-state index in [9.17, 15) is 4.79 Å². The number of nitrogens with zero attached hydrogens (tertiary/aromatic N) is 1. The maximum atomic E-state index is 13.7. The molecule has 1 atom stereocenters. The molecule has 0 saturated carbocycles. The maximum Gasteiger partial charge on any atom is 0.258 e. The van der Waals surface area contributed by atoms with Gasteiger partial charge in [-0.25, -0.2) is 0 Å². The molecule has 0 fully saturated rings. The van der Waals surface area contributed by atoms with Crippen molar-refractivity contribution in [3.63, 3.8) is 0 Å². The van der Waals surface area contributed by atoms with Crippen LogP contribution >= 0.6 is 11.3 Å². The van der Waals surface area contributed by atoms with Gasteiger partial charge in [-0.3, -0.25) is 4.79 Å². The highest BCUT2D eigenvalue weighted by atomic mass is 32.1. The standard InChI is InChI=1S/C23H23NO4S/c1-26-18-14-20(28-3)19(27-2)13-17(18)23(25)24-11-9-21-16(10-12-29-21)22(24)15-7-5-4-6-8-15/h4-8,10,12-14,22H,9,11H2,1-3H3/t22-/m0/s1. The Morgan fingerprint density at radius 1 is 0.966 bits per heavy atom. The summed E-state index contributed by atoms with van der Waals surface area (Å²) in [6.07, 6.45) is 0.845. The largest absolute Gasteiger partial charge is 0.496 e. The molecular formula is C23H23NO4S. The molecule has 150 valence electrons. The molecule has 1 aliphatic rings. The van der Waals surface area contributed by atoms with Crippen molar-refractivity contribution in [2.45, 2.75) is 12.5 Å². The number of carbonyl (C=O) groups excluding carboxylic acids is 1. The topological polar surface area (TPSA) is 48.0 Å². The number of amides is 1. The SMILES string of the molecule is COc1cc(OC)c(C(=O)N2CCc3sccc3[C@@H]2c2ccccc2)cc1OC. The normalized spacial score (nSPS) is 15.6. The fourth-order valence-electron chi connectivity index (χ4n) is 3.88. The third-order valence-electron chi connectivity index (χ3n) is 5.28.